The summed E-state index contributed by atoms with van der Waals surface area (Å²) in [6, 6.07) is -0.0837. The maximum Gasteiger partial charge on any atom is 0.157 e. The predicted octanol–water partition coefficient (Wildman–Crippen LogP) is 1.92. The van der Waals surface area contributed by atoms with Crippen molar-refractivity contribution in [2.24, 2.45) is 10.4 Å². The Morgan fingerprint density at radius 3 is 2.61 bits per heavy atom. The Hall–Kier alpha value is -0.230. The van der Waals surface area contributed by atoms with Crippen molar-refractivity contribution in [3.63, 3.8) is 0 Å². The molecule has 6 heteroatoms. The van der Waals surface area contributed by atoms with E-state index in [-0.39, 0.29) is 11.8 Å². The van der Waals surface area contributed by atoms with Crippen molar-refractivity contribution in [1.29, 1.82) is 0 Å². The second kappa shape index (κ2) is 5.82. The van der Waals surface area contributed by atoms with Crippen LogP contribution >= 0.6 is 11.8 Å². The summed E-state index contributed by atoms with van der Waals surface area (Å²) in [5, 5.41) is 4.59. The zero-order valence-corrected chi connectivity index (χ0v) is 13.5. The van der Waals surface area contributed by atoms with E-state index >= 15 is 0 Å². The molecule has 0 saturated carbocycles. The normalized spacial score (nSPS) is 22.7. The maximum atomic E-state index is 11.2. The second-order valence-corrected chi connectivity index (χ2v) is 9.76. The molecule has 0 aromatic carbocycles. The van der Waals surface area contributed by atoms with Gasteiger partial charge < -0.3 is 5.32 Å². The molecular formula is C12H24N2O2S2. The van der Waals surface area contributed by atoms with Crippen molar-refractivity contribution in [2.75, 3.05) is 18.6 Å². The second-order valence-electron chi connectivity index (χ2n) is 6.29. The summed E-state index contributed by atoms with van der Waals surface area (Å²) in [4.78, 5) is 4.44. The Bertz CT molecular complexity index is 410. The van der Waals surface area contributed by atoms with Gasteiger partial charge in [0.25, 0.3) is 0 Å². The lowest BCUT2D eigenvalue weighted by Gasteiger charge is -2.22. The molecule has 1 heterocycles. The van der Waals surface area contributed by atoms with Gasteiger partial charge in [-0.05, 0) is 18.8 Å². The molecule has 0 spiro atoms. The molecule has 0 aromatic rings. The van der Waals surface area contributed by atoms with E-state index in [0.29, 0.717) is 10.7 Å². The molecular weight excluding hydrogens is 268 g/mol. The first kappa shape index (κ1) is 15.8. The van der Waals surface area contributed by atoms with Crippen LogP contribution < -0.4 is 5.32 Å². The molecule has 0 radical (unpaired) electrons. The van der Waals surface area contributed by atoms with Crippen LogP contribution in [0, 0.1) is 5.41 Å². The monoisotopic (exact) mass is 292 g/mol. The highest BCUT2D eigenvalue weighted by Gasteiger charge is 2.25. The predicted molar refractivity (Wildman–Crippen MR) is 80.1 cm³/mol. The SMILES string of the molecule is CC(CS(C)(=O)=O)NC1=NCC(CC(C)(C)C)S1. The number of nitrogens with zero attached hydrogens (tertiary/aromatic N) is 1. The van der Waals surface area contributed by atoms with Crippen LogP contribution in [0.3, 0.4) is 0 Å². The zero-order chi connectivity index (χ0) is 14.0. The standard InChI is InChI=1S/C12H24N2O2S2/c1-9(8-18(5,15)16)14-11-13-7-10(17-11)6-12(2,3)4/h9-10H,6-8H2,1-5H3,(H,13,14). The van der Waals surface area contributed by atoms with Crippen LogP contribution in [0.1, 0.15) is 34.1 Å². The van der Waals surface area contributed by atoms with Crippen molar-refractivity contribution in [3.05, 3.63) is 0 Å². The minimum atomic E-state index is -2.93. The van der Waals surface area contributed by atoms with Gasteiger partial charge in [-0.1, -0.05) is 32.5 Å². The van der Waals surface area contributed by atoms with Gasteiger partial charge in [0.1, 0.15) is 9.84 Å². The lowest BCUT2D eigenvalue weighted by Crippen LogP contribution is -2.35. The molecule has 1 rings (SSSR count). The Morgan fingerprint density at radius 1 is 1.50 bits per heavy atom. The maximum absolute atomic E-state index is 11.2. The number of hydrogen-bond donors (Lipinski definition) is 1. The third kappa shape index (κ3) is 6.64. The van der Waals surface area contributed by atoms with Crippen LogP contribution in [-0.4, -0.2) is 43.4 Å². The van der Waals surface area contributed by atoms with E-state index in [1.54, 1.807) is 11.8 Å². The number of hydrogen-bond acceptors (Lipinski definition) is 5. The van der Waals surface area contributed by atoms with Crippen LogP contribution in [0.15, 0.2) is 4.99 Å². The van der Waals surface area contributed by atoms with E-state index in [1.165, 1.54) is 6.26 Å². The summed E-state index contributed by atoms with van der Waals surface area (Å²) in [5.74, 6) is 0.149. The van der Waals surface area contributed by atoms with Crippen LogP contribution in [-0.2, 0) is 9.84 Å². The van der Waals surface area contributed by atoms with Gasteiger partial charge in [0, 0.05) is 17.5 Å². The third-order valence-electron chi connectivity index (χ3n) is 2.48. The van der Waals surface area contributed by atoms with Crippen molar-refractivity contribution in [1.82, 2.24) is 5.32 Å². The molecule has 0 fully saturated rings. The summed E-state index contributed by atoms with van der Waals surface area (Å²) in [6.07, 6.45) is 2.38. The van der Waals surface area contributed by atoms with E-state index in [0.717, 1.165) is 18.1 Å². The fourth-order valence-corrected chi connectivity index (χ4v) is 4.45. The van der Waals surface area contributed by atoms with Crippen molar-refractivity contribution < 1.29 is 8.42 Å². The van der Waals surface area contributed by atoms with Gasteiger partial charge in [-0.15, -0.1) is 0 Å². The summed E-state index contributed by atoms with van der Waals surface area (Å²) >= 11 is 1.74. The fraction of sp³-hybridized carbons (Fsp3) is 0.917. The number of aliphatic imine (C=N–C) groups is 1. The molecule has 1 aliphatic rings. The summed E-state index contributed by atoms with van der Waals surface area (Å²) in [5.41, 5.74) is 0.307. The molecule has 1 aliphatic heterocycles. The number of rotatable bonds is 4. The van der Waals surface area contributed by atoms with Gasteiger partial charge in [0.05, 0.1) is 12.3 Å². The molecule has 0 amide bonds. The average molecular weight is 292 g/mol. The Morgan fingerprint density at radius 2 is 2.11 bits per heavy atom. The molecule has 0 saturated heterocycles. The van der Waals surface area contributed by atoms with Gasteiger partial charge in [-0.3, -0.25) is 4.99 Å². The highest BCUT2D eigenvalue weighted by atomic mass is 32.2. The van der Waals surface area contributed by atoms with E-state index < -0.39 is 9.84 Å². The van der Waals surface area contributed by atoms with Crippen molar-refractivity contribution in [3.8, 4) is 0 Å². The minimum Gasteiger partial charge on any atom is -0.361 e. The Labute approximate surface area is 115 Å². The Balaban J connectivity index is 2.39. The van der Waals surface area contributed by atoms with Crippen LogP contribution in [0.2, 0.25) is 0 Å². The van der Waals surface area contributed by atoms with Crippen LogP contribution in [0.25, 0.3) is 0 Å². The molecule has 2 atom stereocenters. The lowest BCUT2D eigenvalue weighted by molar-refractivity contribution is 0.375. The topological polar surface area (TPSA) is 58.5 Å². The molecule has 106 valence electrons. The molecule has 18 heavy (non-hydrogen) atoms. The molecule has 0 bridgehead atoms. The first-order valence-corrected chi connectivity index (χ1v) is 9.14. The largest absolute Gasteiger partial charge is 0.361 e. The fourth-order valence-electron chi connectivity index (χ4n) is 1.99. The van der Waals surface area contributed by atoms with Crippen LogP contribution in [0.5, 0.6) is 0 Å². The number of amidine groups is 1. The average Bonchev–Trinajstić information content (AvgIpc) is 2.44. The summed E-state index contributed by atoms with van der Waals surface area (Å²) < 4.78 is 22.4. The quantitative estimate of drug-likeness (QED) is 0.860. The summed E-state index contributed by atoms with van der Waals surface area (Å²) in [7, 11) is -2.93. The van der Waals surface area contributed by atoms with E-state index in [1.807, 2.05) is 6.92 Å². The number of thioether (sulfide) groups is 1. The first-order chi connectivity index (χ1) is 8.05. The molecule has 0 aromatic heterocycles. The van der Waals surface area contributed by atoms with Gasteiger partial charge in [0.2, 0.25) is 0 Å². The van der Waals surface area contributed by atoms with E-state index in [2.05, 4.69) is 31.1 Å². The molecule has 1 N–H and O–H groups in total. The van der Waals surface area contributed by atoms with E-state index in [4.69, 9.17) is 0 Å². The number of nitrogens with one attached hydrogen (secondary N) is 1. The smallest absolute Gasteiger partial charge is 0.157 e. The van der Waals surface area contributed by atoms with Gasteiger partial charge in [0.15, 0.2) is 5.17 Å². The Kier molecular flexibility index (Phi) is 5.12. The van der Waals surface area contributed by atoms with Gasteiger partial charge in [-0.25, -0.2) is 8.42 Å². The first-order valence-electron chi connectivity index (χ1n) is 6.20. The molecule has 2 unspecified atom stereocenters. The third-order valence-corrected chi connectivity index (χ3v) is 4.70. The van der Waals surface area contributed by atoms with Crippen molar-refractivity contribution in [2.45, 2.75) is 45.4 Å². The van der Waals surface area contributed by atoms with E-state index in [9.17, 15) is 8.42 Å². The van der Waals surface area contributed by atoms with Gasteiger partial charge >= 0.3 is 0 Å². The molecule has 0 aliphatic carbocycles. The highest BCUT2D eigenvalue weighted by molar-refractivity contribution is 8.14. The minimum absolute atomic E-state index is 0.0837. The zero-order valence-electron chi connectivity index (χ0n) is 11.9. The number of sulfone groups is 1. The van der Waals surface area contributed by atoms with Crippen molar-refractivity contribution >= 4 is 26.8 Å². The van der Waals surface area contributed by atoms with Gasteiger partial charge in [-0.2, -0.15) is 0 Å². The highest BCUT2D eigenvalue weighted by Crippen LogP contribution is 2.31. The summed E-state index contributed by atoms with van der Waals surface area (Å²) in [6.45, 7) is 9.39. The lowest BCUT2D eigenvalue weighted by atomic mass is 9.90. The molecule has 4 nitrogen and oxygen atoms in total. The van der Waals surface area contributed by atoms with Crippen LogP contribution in [0.4, 0.5) is 0 Å².